The van der Waals surface area contributed by atoms with Gasteiger partial charge >= 0.3 is 0 Å². The quantitative estimate of drug-likeness (QED) is 0.532. The van der Waals surface area contributed by atoms with Gasteiger partial charge in [-0.05, 0) is 39.2 Å². The fraction of sp³-hybridized carbons (Fsp3) is 0.500. The monoisotopic (exact) mass is 309 g/mol. The van der Waals surface area contributed by atoms with Crippen LogP contribution in [0.15, 0.2) is 12.1 Å². The molecule has 0 heterocycles. The molecule has 0 amide bonds. The van der Waals surface area contributed by atoms with Crippen LogP contribution in [-0.2, 0) is 0 Å². The highest BCUT2D eigenvalue weighted by molar-refractivity contribution is 6.31. The highest BCUT2D eigenvalue weighted by Crippen LogP contribution is 2.34. The zero-order valence-corrected chi connectivity index (χ0v) is 13.4. The Labute approximate surface area is 130 Å². The molecule has 21 heavy (non-hydrogen) atoms. The number of unbranched alkanes of at least 4 members (excludes halogenated alkanes) is 1. The first-order chi connectivity index (χ1) is 9.93. The molecule has 0 fully saturated rings. The van der Waals surface area contributed by atoms with Crippen molar-refractivity contribution in [2.75, 3.05) is 13.7 Å². The van der Waals surface area contributed by atoms with Gasteiger partial charge in [0.15, 0.2) is 17.8 Å². The number of ether oxygens (including phenoxy) is 2. The van der Waals surface area contributed by atoms with Crippen molar-refractivity contribution in [3.63, 3.8) is 0 Å². The summed E-state index contributed by atoms with van der Waals surface area (Å²) in [7, 11) is 1.50. The van der Waals surface area contributed by atoms with Crippen LogP contribution < -0.4 is 9.47 Å². The fourth-order valence-electron chi connectivity index (χ4n) is 1.88. The van der Waals surface area contributed by atoms with Crippen molar-refractivity contribution in [3.8, 4) is 17.6 Å². The van der Waals surface area contributed by atoms with Gasteiger partial charge in [0, 0.05) is 11.1 Å². The molecule has 1 rings (SSSR count). The number of hydrogen-bond acceptors (Lipinski definition) is 4. The number of carbonyl (C=O) groups is 1. The van der Waals surface area contributed by atoms with E-state index in [0.29, 0.717) is 35.0 Å². The third-order valence-electron chi connectivity index (χ3n) is 3.14. The number of carbonyl (C=O) groups excluding carboxylic acids is 1. The zero-order chi connectivity index (χ0) is 15.9. The molecule has 1 aromatic rings. The summed E-state index contributed by atoms with van der Waals surface area (Å²) in [4.78, 5) is 11.1. The Morgan fingerprint density at radius 2 is 2.10 bits per heavy atom. The summed E-state index contributed by atoms with van der Waals surface area (Å²) in [6.07, 6.45) is 3.19. The van der Waals surface area contributed by atoms with Crippen molar-refractivity contribution in [1.29, 1.82) is 5.26 Å². The fourth-order valence-corrected chi connectivity index (χ4v) is 2.10. The Bertz CT molecular complexity index is 535. The summed E-state index contributed by atoms with van der Waals surface area (Å²) in [5.74, 6) is 0.860. The van der Waals surface area contributed by atoms with Gasteiger partial charge in [-0.2, -0.15) is 5.26 Å². The van der Waals surface area contributed by atoms with E-state index in [0.717, 1.165) is 19.3 Å². The summed E-state index contributed by atoms with van der Waals surface area (Å²) in [5.41, 5.74) is 0.0584. The third-order valence-corrected chi connectivity index (χ3v) is 3.36. The lowest BCUT2D eigenvalue weighted by Gasteiger charge is -2.16. The molecule has 0 saturated heterocycles. The molecule has 0 aliphatic rings. The topological polar surface area (TPSA) is 59.3 Å². The molecule has 1 aromatic carbocycles. The van der Waals surface area contributed by atoms with Gasteiger partial charge in [0.2, 0.25) is 0 Å². The highest BCUT2D eigenvalue weighted by atomic mass is 35.5. The van der Waals surface area contributed by atoms with Gasteiger partial charge in [0.25, 0.3) is 0 Å². The Morgan fingerprint density at radius 3 is 2.67 bits per heavy atom. The van der Waals surface area contributed by atoms with Gasteiger partial charge < -0.3 is 9.47 Å². The number of rotatable bonds is 8. The summed E-state index contributed by atoms with van der Waals surface area (Å²) in [5, 5.41) is 9.37. The van der Waals surface area contributed by atoms with E-state index < -0.39 is 0 Å². The maximum atomic E-state index is 11.1. The van der Waals surface area contributed by atoms with E-state index in [9.17, 15) is 4.79 Å². The number of benzene rings is 1. The molecule has 0 bridgehead atoms. The van der Waals surface area contributed by atoms with Crippen LogP contribution in [0.3, 0.4) is 0 Å². The zero-order valence-electron chi connectivity index (χ0n) is 12.6. The number of hydrogen-bond donors (Lipinski definition) is 0. The van der Waals surface area contributed by atoms with E-state index in [1.165, 1.54) is 7.11 Å². The molecule has 0 aliphatic carbocycles. The molecule has 0 atom stereocenters. The predicted octanol–water partition coefficient (Wildman–Crippen LogP) is 4.26. The van der Waals surface area contributed by atoms with Gasteiger partial charge in [0.1, 0.15) is 0 Å². The molecule has 0 aromatic heterocycles. The second kappa shape index (κ2) is 7.90. The minimum atomic E-state index is -0.314. The maximum Gasteiger partial charge on any atom is 0.171 e. The van der Waals surface area contributed by atoms with Crippen LogP contribution in [0.25, 0.3) is 0 Å². The van der Waals surface area contributed by atoms with E-state index in [4.69, 9.17) is 26.3 Å². The molecular formula is C16H20ClNO3. The molecule has 0 unspecified atom stereocenters. The minimum Gasteiger partial charge on any atom is -0.493 e. The molecule has 4 nitrogen and oxygen atoms in total. The summed E-state index contributed by atoms with van der Waals surface area (Å²) in [6.45, 7) is 4.29. The van der Waals surface area contributed by atoms with E-state index in [1.54, 1.807) is 12.1 Å². The largest absolute Gasteiger partial charge is 0.493 e. The van der Waals surface area contributed by atoms with Gasteiger partial charge in [-0.15, -0.1) is 0 Å². The number of halogens is 1. The van der Waals surface area contributed by atoms with Crippen molar-refractivity contribution < 1.29 is 14.3 Å². The van der Waals surface area contributed by atoms with Crippen molar-refractivity contribution in [2.45, 2.75) is 33.1 Å². The van der Waals surface area contributed by atoms with Crippen LogP contribution in [0, 0.1) is 16.7 Å². The molecular weight excluding hydrogens is 290 g/mol. The van der Waals surface area contributed by atoms with Crippen LogP contribution in [0.1, 0.15) is 43.5 Å². The summed E-state index contributed by atoms with van der Waals surface area (Å²) in [6, 6.07) is 5.43. The van der Waals surface area contributed by atoms with Crippen molar-refractivity contribution >= 4 is 17.9 Å². The van der Waals surface area contributed by atoms with E-state index in [2.05, 4.69) is 6.07 Å². The van der Waals surface area contributed by atoms with E-state index in [-0.39, 0.29) is 5.41 Å². The number of nitriles is 1. The van der Waals surface area contributed by atoms with Gasteiger partial charge in [-0.1, -0.05) is 11.6 Å². The standard InChI is InChI=1S/C16H20ClNO3/c1-16(2,11-18)6-4-5-7-21-15-12(10-19)8-13(17)9-14(15)20-3/h8-10H,4-7H2,1-3H3. The van der Waals surface area contributed by atoms with Crippen LogP contribution in [0.4, 0.5) is 0 Å². The van der Waals surface area contributed by atoms with E-state index in [1.807, 2.05) is 13.8 Å². The Hall–Kier alpha value is -1.73. The second-order valence-corrected chi connectivity index (χ2v) is 5.88. The first-order valence-corrected chi connectivity index (χ1v) is 7.18. The first kappa shape index (κ1) is 17.3. The lowest BCUT2D eigenvalue weighted by atomic mass is 9.89. The Morgan fingerprint density at radius 1 is 1.38 bits per heavy atom. The second-order valence-electron chi connectivity index (χ2n) is 5.45. The van der Waals surface area contributed by atoms with Crippen molar-refractivity contribution in [3.05, 3.63) is 22.7 Å². The van der Waals surface area contributed by atoms with Crippen LogP contribution in [0.5, 0.6) is 11.5 Å². The maximum absolute atomic E-state index is 11.1. The van der Waals surface area contributed by atoms with Gasteiger partial charge in [-0.25, -0.2) is 0 Å². The molecule has 0 spiro atoms. The van der Waals surface area contributed by atoms with Crippen LogP contribution >= 0.6 is 11.6 Å². The first-order valence-electron chi connectivity index (χ1n) is 6.80. The number of methoxy groups -OCH3 is 1. The Balaban J connectivity index is 2.60. The smallest absolute Gasteiger partial charge is 0.171 e. The highest BCUT2D eigenvalue weighted by Gasteiger charge is 2.16. The Kier molecular flexibility index (Phi) is 6.51. The summed E-state index contributed by atoms with van der Waals surface area (Å²) >= 11 is 5.90. The van der Waals surface area contributed by atoms with Crippen molar-refractivity contribution in [2.24, 2.45) is 5.41 Å². The number of aldehydes is 1. The SMILES string of the molecule is COc1cc(Cl)cc(C=O)c1OCCCCC(C)(C)C#N. The van der Waals surface area contributed by atoms with Crippen LogP contribution in [-0.4, -0.2) is 20.0 Å². The average molecular weight is 310 g/mol. The van der Waals surface area contributed by atoms with Crippen LogP contribution in [0.2, 0.25) is 5.02 Å². The van der Waals surface area contributed by atoms with E-state index >= 15 is 0 Å². The minimum absolute atomic E-state index is 0.314. The molecule has 0 radical (unpaired) electrons. The normalized spacial score (nSPS) is 10.8. The molecule has 0 aliphatic heterocycles. The molecule has 0 saturated carbocycles. The van der Waals surface area contributed by atoms with Gasteiger partial charge in [-0.3, -0.25) is 4.79 Å². The molecule has 114 valence electrons. The van der Waals surface area contributed by atoms with Crippen molar-refractivity contribution in [1.82, 2.24) is 0 Å². The predicted molar refractivity (Wildman–Crippen MR) is 82.1 cm³/mol. The average Bonchev–Trinajstić information content (AvgIpc) is 2.47. The molecule has 0 N–H and O–H groups in total. The lowest BCUT2D eigenvalue weighted by Crippen LogP contribution is -2.09. The number of nitrogens with zero attached hydrogens (tertiary/aromatic N) is 1. The third kappa shape index (κ3) is 5.28. The lowest BCUT2D eigenvalue weighted by molar-refractivity contribution is 0.111. The van der Waals surface area contributed by atoms with Gasteiger partial charge in [0.05, 0.1) is 30.8 Å². The summed E-state index contributed by atoms with van der Waals surface area (Å²) < 4.78 is 10.8. The molecule has 5 heteroatoms.